The number of ketones is 1. The highest BCUT2D eigenvalue weighted by atomic mass is 19.1. The fraction of sp³-hybridized carbons (Fsp3) is 0.200. The van der Waals surface area contributed by atoms with Gasteiger partial charge in [0, 0.05) is 11.8 Å². The Morgan fingerprint density at radius 3 is 2.67 bits per heavy atom. The maximum atomic E-state index is 12.8. The van der Waals surface area contributed by atoms with Gasteiger partial charge in [0.1, 0.15) is 5.78 Å². The van der Waals surface area contributed by atoms with Crippen LogP contribution in [0.15, 0.2) is 18.2 Å². The summed E-state index contributed by atoms with van der Waals surface area (Å²) in [4.78, 5) is 21.7. The van der Waals surface area contributed by atoms with Crippen LogP contribution in [0.25, 0.3) is 0 Å². The minimum atomic E-state index is -0.823. The molecule has 0 heterocycles. The zero-order chi connectivity index (χ0) is 11.4. The van der Waals surface area contributed by atoms with Crippen LogP contribution in [-0.2, 0) is 9.59 Å². The number of aromatic hydroxyl groups is 1. The van der Waals surface area contributed by atoms with Crippen LogP contribution in [0.1, 0.15) is 13.3 Å². The fourth-order valence-corrected chi connectivity index (χ4v) is 1.02. The third kappa shape index (κ3) is 3.38. The molecule has 1 aromatic carbocycles. The van der Waals surface area contributed by atoms with Crippen molar-refractivity contribution < 1.29 is 19.1 Å². The Morgan fingerprint density at radius 1 is 1.47 bits per heavy atom. The molecular formula is C10H10FNO3. The van der Waals surface area contributed by atoms with Crippen molar-refractivity contribution in [1.29, 1.82) is 0 Å². The van der Waals surface area contributed by atoms with Gasteiger partial charge in [-0.1, -0.05) is 0 Å². The minimum Gasteiger partial charge on any atom is -0.505 e. The number of phenolic OH excluding ortho intramolecular Hbond substituents is 1. The lowest BCUT2D eigenvalue weighted by molar-refractivity contribution is -0.124. The number of amides is 1. The highest BCUT2D eigenvalue weighted by molar-refractivity contribution is 6.03. The normalized spacial score (nSPS) is 9.73. The average Bonchev–Trinajstić information content (AvgIpc) is 2.10. The van der Waals surface area contributed by atoms with E-state index in [0.717, 1.165) is 12.1 Å². The Balaban J connectivity index is 2.69. The Morgan fingerprint density at radius 2 is 2.13 bits per heavy atom. The molecule has 0 atom stereocenters. The quantitative estimate of drug-likeness (QED) is 0.587. The van der Waals surface area contributed by atoms with E-state index in [1.54, 1.807) is 0 Å². The predicted octanol–water partition coefficient (Wildman–Crippen LogP) is 1.45. The summed E-state index contributed by atoms with van der Waals surface area (Å²) < 4.78 is 12.8. The summed E-state index contributed by atoms with van der Waals surface area (Å²) in [5.41, 5.74) is 0.205. The first kappa shape index (κ1) is 11.2. The van der Waals surface area contributed by atoms with Crippen LogP contribution in [0.2, 0.25) is 0 Å². The van der Waals surface area contributed by atoms with Crippen molar-refractivity contribution in [2.45, 2.75) is 13.3 Å². The average molecular weight is 211 g/mol. The van der Waals surface area contributed by atoms with Gasteiger partial charge < -0.3 is 10.4 Å². The molecule has 0 aliphatic rings. The van der Waals surface area contributed by atoms with E-state index in [4.69, 9.17) is 5.11 Å². The van der Waals surface area contributed by atoms with Crippen molar-refractivity contribution in [3.8, 4) is 5.75 Å². The van der Waals surface area contributed by atoms with Gasteiger partial charge in [-0.3, -0.25) is 9.59 Å². The molecule has 0 aliphatic heterocycles. The summed E-state index contributed by atoms with van der Waals surface area (Å²) in [6.07, 6.45) is -0.248. The Bertz CT molecular complexity index is 404. The minimum absolute atomic E-state index is 0.205. The van der Waals surface area contributed by atoms with E-state index >= 15 is 0 Å². The smallest absolute Gasteiger partial charge is 0.231 e. The van der Waals surface area contributed by atoms with Crippen LogP contribution >= 0.6 is 0 Å². The molecule has 80 valence electrons. The molecule has 0 radical (unpaired) electrons. The number of hydrogen-bond acceptors (Lipinski definition) is 3. The lowest BCUT2D eigenvalue weighted by atomic mass is 10.2. The number of hydrogen-bond donors (Lipinski definition) is 2. The summed E-state index contributed by atoms with van der Waals surface area (Å²) in [6, 6.07) is 3.45. The van der Waals surface area contributed by atoms with Crippen LogP contribution in [0.4, 0.5) is 10.1 Å². The van der Waals surface area contributed by atoms with Gasteiger partial charge in [-0.25, -0.2) is 4.39 Å². The molecule has 5 heteroatoms. The number of carbonyl (C=O) groups is 2. The number of halogens is 1. The van der Waals surface area contributed by atoms with Crippen molar-refractivity contribution in [3.05, 3.63) is 24.0 Å². The summed E-state index contributed by atoms with van der Waals surface area (Å²) in [5, 5.41) is 11.2. The largest absolute Gasteiger partial charge is 0.505 e. The van der Waals surface area contributed by atoms with Gasteiger partial charge in [-0.2, -0.15) is 0 Å². The molecular weight excluding hydrogens is 201 g/mol. The van der Waals surface area contributed by atoms with Gasteiger partial charge in [0.15, 0.2) is 11.6 Å². The zero-order valence-corrected chi connectivity index (χ0v) is 8.08. The van der Waals surface area contributed by atoms with Crippen LogP contribution in [-0.4, -0.2) is 16.8 Å². The molecule has 0 bridgehead atoms. The lowest BCUT2D eigenvalue weighted by Crippen LogP contribution is -2.14. The van der Waals surface area contributed by atoms with E-state index in [0.29, 0.717) is 0 Å². The molecule has 4 nitrogen and oxygen atoms in total. The predicted molar refractivity (Wildman–Crippen MR) is 52.0 cm³/mol. The van der Waals surface area contributed by atoms with Gasteiger partial charge in [-0.05, 0) is 19.1 Å². The summed E-state index contributed by atoms with van der Waals surface area (Å²) in [5.74, 6) is -2.09. The molecule has 0 saturated carbocycles. The first-order chi connectivity index (χ1) is 6.99. The molecule has 1 aromatic rings. The SMILES string of the molecule is CC(=O)CC(=O)Nc1ccc(O)c(F)c1. The number of benzene rings is 1. The number of rotatable bonds is 3. The van der Waals surface area contributed by atoms with Crippen molar-refractivity contribution in [2.75, 3.05) is 5.32 Å². The Kier molecular flexibility index (Phi) is 3.38. The maximum absolute atomic E-state index is 12.8. The monoisotopic (exact) mass is 211 g/mol. The molecule has 2 N–H and O–H groups in total. The molecule has 15 heavy (non-hydrogen) atoms. The molecule has 0 saturated heterocycles. The van der Waals surface area contributed by atoms with Crippen LogP contribution in [0.3, 0.4) is 0 Å². The van der Waals surface area contributed by atoms with Crippen LogP contribution in [0, 0.1) is 5.82 Å². The summed E-state index contributed by atoms with van der Waals surface area (Å²) in [6.45, 7) is 1.29. The van der Waals surface area contributed by atoms with E-state index in [2.05, 4.69) is 5.32 Å². The van der Waals surface area contributed by atoms with Crippen LogP contribution in [0.5, 0.6) is 5.75 Å². The molecule has 0 aliphatic carbocycles. The number of nitrogens with one attached hydrogen (secondary N) is 1. The molecule has 0 unspecified atom stereocenters. The van der Waals surface area contributed by atoms with E-state index < -0.39 is 17.5 Å². The zero-order valence-electron chi connectivity index (χ0n) is 8.08. The number of carbonyl (C=O) groups excluding carboxylic acids is 2. The van der Waals surface area contributed by atoms with Crippen molar-refractivity contribution in [3.63, 3.8) is 0 Å². The van der Waals surface area contributed by atoms with Crippen molar-refractivity contribution in [1.82, 2.24) is 0 Å². The Labute approximate surface area is 85.7 Å². The second-order valence-corrected chi connectivity index (χ2v) is 3.09. The molecule has 0 aromatic heterocycles. The summed E-state index contributed by atoms with van der Waals surface area (Å²) >= 11 is 0. The Hall–Kier alpha value is -1.91. The van der Waals surface area contributed by atoms with E-state index in [-0.39, 0.29) is 17.9 Å². The number of phenols is 1. The molecule has 1 rings (SSSR count). The van der Waals surface area contributed by atoms with Gasteiger partial charge >= 0.3 is 0 Å². The lowest BCUT2D eigenvalue weighted by Gasteiger charge is -2.04. The second-order valence-electron chi connectivity index (χ2n) is 3.09. The maximum Gasteiger partial charge on any atom is 0.231 e. The van der Waals surface area contributed by atoms with E-state index in [9.17, 15) is 14.0 Å². The van der Waals surface area contributed by atoms with E-state index in [1.807, 2.05) is 0 Å². The van der Waals surface area contributed by atoms with Gasteiger partial charge in [0.25, 0.3) is 0 Å². The first-order valence-electron chi connectivity index (χ1n) is 4.27. The van der Waals surface area contributed by atoms with Crippen LogP contribution < -0.4 is 5.32 Å². The molecule has 0 fully saturated rings. The highest BCUT2D eigenvalue weighted by Crippen LogP contribution is 2.19. The second kappa shape index (κ2) is 4.54. The number of Topliss-reactive ketones (excluding diaryl/α,β-unsaturated/α-hetero) is 1. The van der Waals surface area contributed by atoms with Gasteiger partial charge in [0.05, 0.1) is 6.42 Å². The van der Waals surface area contributed by atoms with Crippen molar-refractivity contribution >= 4 is 17.4 Å². The fourth-order valence-electron chi connectivity index (χ4n) is 1.02. The number of anilines is 1. The van der Waals surface area contributed by atoms with Gasteiger partial charge in [-0.15, -0.1) is 0 Å². The topological polar surface area (TPSA) is 66.4 Å². The third-order valence-electron chi connectivity index (χ3n) is 1.64. The van der Waals surface area contributed by atoms with Gasteiger partial charge in [0.2, 0.25) is 5.91 Å². The standard InChI is InChI=1S/C10H10FNO3/c1-6(13)4-10(15)12-7-2-3-9(14)8(11)5-7/h2-3,5,14H,4H2,1H3,(H,12,15). The molecule has 0 spiro atoms. The molecule has 1 amide bonds. The highest BCUT2D eigenvalue weighted by Gasteiger charge is 2.07. The van der Waals surface area contributed by atoms with E-state index in [1.165, 1.54) is 13.0 Å². The third-order valence-corrected chi connectivity index (χ3v) is 1.64. The van der Waals surface area contributed by atoms with Crippen molar-refractivity contribution in [2.24, 2.45) is 0 Å². The first-order valence-corrected chi connectivity index (χ1v) is 4.27. The summed E-state index contributed by atoms with van der Waals surface area (Å²) in [7, 11) is 0.